The molecule has 0 bridgehead atoms. The zero-order chi connectivity index (χ0) is 11.8. The normalized spacial score (nSPS) is 12.0. The Morgan fingerprint density at radius 1 is 1.27 bits per heavy atom. The van der Waals surface area contributed by atoms with Crippen molar-refractivity contribution in [2.75, 3.05) is 0 Å². The standard InChI is InChI=1S/C9H11ClO4S/c1-5(2)15(13,14)7-4-3-6(11)9(12)8(7)10/h3-5,11-12H,1-2H3. The highest BCUT2D eigenvalue weighted by Crippen LogP contribution is 2.38. The molecule has 6 heteroatoms. The minimum Gasteiger partial charge on any atom is -0.504 e. The lowest BCUT2D eigenvalue weighted by molar-refractivity contribution is 0.402. The van der Waals surface area contributed by atoms with Crippen LogP contribution in [0, 0.1) is 0 Å². The minimum atomic E-state index is -3.55. The Bertz CT molecular complexity index is 479. The van der Waals surface area contributed by atoms with Crippen LogP contribution in [0.4, 0.5) is 0 Å². The molecule has 0 atom stereocenters. The second-order valence-corrected chi connectivity index (χ2v) is 6.19. The number of hydrogen-bond acceptors (Lipinski definition) is 4. The number of aromatic hydroxyl groups is 2. The van der Waals surface area contributed by atoms with Crippen LogP contribution in [-0.2, 0) is 9.84 Å². The van der Waals surface area contributed by atoms with Crippen molar-refractivity contribution in [1.29, 1.82) is 0 Å². The minimum absolute atomic E-state index is 0.172. The monoisotopic (exact) mass is 250 g/mol. The van der Waals surface area contributed by atoms with E-state index < -0.39 is 26.6 Å². The summed E-state index contributed by atoms with van der Waals surface area (Å²) in [7, 11) is -3.55. The van der Waals surface area contributed by atoms with Crippen molar-refractivity contribution in [3.05, 3.63) is 17.2 Å². The summed E-state index contributed by atoms with van der Waals surface area (Å²) in [6.45, 7) is 3.02. The molecule has 84 valence electrons. The molecule has 0 saturated heterocycles. The molecule has 0 heterocycles. The fraction of sp³-hybridized carbons (Fsp3) is 0.333. The van der Waals surface area contributed by atoms with Crippen LogP contribution in [0.2, 0.25) is 5.02 Å². The summed E-state index contributed by atoms with van der Waals surface area (Å²) in [4.78, 5) is -0.172. The van der Waals surface area contributed by atoms with Crippen LogP contribution < -0.4 is 0 Å². The van der Waals surface area contributed by atoms with Crippen LogP contribution in [0.3, 0.4) is 0 Å². The predicted molar refractivity (Wildman–Crippen MR) is 57.1 cm³/mol. The third-order valence-corrected chi connectivity index (χ3v) is 4.68. The molecule has 4 nitrogen and oxygen atoms in total. The highest BCUT2D eigenvalue weighted by Gasteiger charge is 2.24. The van der Waals surface area contributed by atoms with Crippen LogP contribution in [0.1, 0.15) is 13.8 Å². The molecule has 0 amide bonds. The Morgan fingerprint density at radius 2 is 1.80 bits per heavy atom. The third-order valence-electron chi connectivity index (χ3n) is 1.99. The summed E-state index contributed by atoms with van der Waals surface area (Å²) in [6, 6.07) is 2.27. The number of hydrogen-bond donors (Lipinski definition) is 2. The van der Waals surface area contributed by atoms with Gasteiger partial charge in [-0.25, -0.2) is 8.42 Å². The molecular weight excluding hydrogens is 240 g/mol. The lowest BCUT2D eigenvalue weighted by atomic mass is 10.3. The molecule has 0 radical (unpaired) electrons. The van der Waals surface area contributed by atoms with E-state index in [1.165, 1.54) is 19.9 Å². The molecule has 0 fully saturated rings. The second-order valence-electron chi connectivity index (χ2n) is 3.34. The quantitative estimate of drug-likeness (QED) is 0.787. The average Bonchev–Trinajstić information content (AvgIpc) is 2.13. The molecule has 0 spiro atoms. The summed E-state index contributed by atoms with van der Waals surface area (Å²) < 4.78 is 23.5. The molecule has 1 rings (SSSR count). The summed E-state index contributed by atoms with van der Waals surface area (Å²) in [6.07, 6.45) is 0. The van der Waals surface area contributed by atoms with E-state index in [1.54, 1.807) is 0 Å². The summed E-state index contributed by atoms with van der Waals surface area (Å²) in [5.74, 6) is -1.05. The maximum Gasteiger partial charge on any atom is 0.182 e. The molecule has 0 unspecified atom stereocenters. The average molecular weight is 251 g/mol. The van der Waals surface area contributed by atoms with E-state index in [4.69, 9.17) is 16.7 Å². The van der Waals surface area contributed by atoms with Crippen LogP contribution >= 0.6 is 11.6 Å². The molecule has 0 aliphatic rings. The van der Waals surface area contributed by atoms with E-state index in [9.17, 15) is 13.5 Å². The van der Waals surface area contributed by atoms with Crippen LogP contribution in [0.15, 0.2) is 17.0 Å². The van der Waals surface area contributed by atoms with Crippen LogP contribution in [0.5, 0.6) is 11.5 Å². The van der Waals surface area contributed by atoms with Crippen molar-refractivity contribution in [3.8, 4) is 11.5 Å². The third kappa shape index (κ3) is 2.03. The number of phenolic OH excluding ortho intramolecular Hbond substituents is 2. The molecule has 0 aromatic heterocycles. The van der Waals surface area contributed by atoms with Crippen LogP contribution in [0.25, 0.3) is 0 Å². The zero-order valence-electron chi connectivity index (χ0n) is 8.23. The Hall–Kier alpha value is -0.940. The van der Waals surface area contributed by atoms with Gasteiger partial charge in [0.15, 0.2) is 21.3 Å². The lowest BCUT2D eigenvalue weighted by Gasteiger charge is -2.10. The summed E-state index contributed by atoms with van der Waals surface area (Å²) in [5, 5.41) is 17.4. The van der Waals surface area contributed by atoms with Crippen molar-refractivity contribution >= 4 is 21.4 Å². The number of halogens is 1. The van der Waals surface area contributed by atoms with E-state index in [2.05, 4.69) is 0 Å². The van der Waals surface area contributed by atoms with Gasteiger partial charge < -0.3 is 10.2 Å². The van der Waals surface area contributed by atoms with Gasteiger partial charge >= 0.3 is 0 Å². The first kappa shape index (κ1) is 12.1. The Kier molecular flexibility index (Phi) is 3.16. The maximum atomic E-state index is 11.7. The predicted octanol–water partition coefficient (Wildman–Crippen LogP) is 1.93. The Balaban J connectivity index is 3.48. The molecule has 1 aromatic rings. The molecule has 2 N–H and O–H groups in total. The topological polar surface area (TPSA) is 74.6 Å². The lowest BCUT2D eigenvalue weighted by Crippen LogP contribution is -2.14. The molecule has 15 heavy (non-hydrogen) atoms. The van der Waals surface area contributed by atoms with Gasteiger partial charge in [-0.15, -0.1) is 0 Å². The molecule has 0 saturated carbocycles. The molecule has 1 aromatic carbocycles. The summed E-state index contributed by atoms with van der Waals surface area (Å²) in [5.41, 5.74) is 0. The van der Waals surface area contributed by atoms with Gasteiger partial charge in [0.25, 0.3) is 0 Å². The first-order valence-electron chi connectivity index (χ1n) is 4.22. The van der Waals surface area contributed by atoms with Crippen molar-refractivity contribution < 1.29 is 18.6 Å². The van der Waals surface area contributed by atoms with Gasteiger partial charge in [-0.1, -0.05) is 11.6 Å². The highest BCUT2D eigenvalue weighted by atomic mass is 35.5. The largest absolute Gasteiger partial charge is 0.504 e. The highest BCUT2D eigenvalue weighted by molar-refractivity contribution is 7.92. The first-order chi connectivity index (χ1) is 6.78. The van der Waals surface area contributed by atoms with E-state index in [0.29, 0.717) is 0 Å². The maximum absolute atomic E-state index is 11.7. The SMILES string of the molecule is CC(C)S(=O)(=O)c1ccc(O)c(O)c1Cl. The Morgan fingerprint density at radius 3 is 2.27 bits per heavy atom. The van der Waals surface area contributed by atoms with E-state index in [0.717, 1.165) is 6.07 Å². The van der Waals surface area contributed by atoms with Crippen molar-refractivity contribution in [2.45, 2.75) is 24.0 Å². The van der Waals surface area contributed by atoms with Gasteiger partial charge in [0.05, 0.1) is 10.1 Å². The van der Waals surface area contributed by atoms with Gasteiger partial charge in [-0.3, -0.25) is 0 Å². The van der Waals surface area contributed by atoms with E-state index in [1.807, 2.05) is 0 Å². The van der Waals surface area contributed by atoms with Gasteiger partial charge in [-0.05, 0) is 26.0 Å². The van der Waals surface area contributed by atoms with Crippen molar-refractivity contribution in [3.63, 3.8) is 0 Å². The second kappa shape index (κ2) is 3.90. The fourth-order valence-corrected chi connectivity index (χ4v) is 2.60. The van der Waals surface area contributed by atoms with Crippen LogP contribution in [-0.4, -0.2) is 23.9 Å². The van der Waals surface area contributed by atoms with Gasteiger partial charge in [0.1, 0.15) is 5.02 Å². The van der Waals surface area contributed by atoms with E-state index >= 15 is 0 Å². The smallest absolute Gasteiger partial charge is 0.182 e. The molecule has 0 aliphatic heterocycles. The van der Waals surface area contributed by atoms with Gasteiger partial charge in [0, 0.05) is 0 Å². The first-order valence-corrected chi connectivity index (χ1v) is 6.15. The van der Waals surface area contributed by atoms with Crippen molar-refractivity contribution in [1.82, 2.24) is 0 Å². The number of phenols is 2. The summed E-state index contributed by atoms with van der Waals surface area (Å²) >= 11 is 5.64. The van der Waals surface area contributed by atoms with Gasteiger partial charge in [-0.2, -0.15) is 0 Å². The van der Waals surface area contributed by atoms with Gasteiger partial charge in [0.2, 0.25) is 0 Å². The number of rotatable bonds is 2. The molecular formula is C9H11ClO4S. The number of benzene rings is 1. The zero-order valence-corrected chi connectivity index (χ0v) is 9.80. The Labute approximate surface area is 93.0 Å². The molecule has 0 aliphatic carbocycles. The van der Waals surface area contributed by atoms with E-state index in [-0.39, 0.29) is 9.92 Å². The number of sulfone groups is 1. The fourth-order valence-electron chi connectivity index (χ4n) is 1.01. The van der Waals surface area contributed by atoms with Crippen molar-refractivity contribution in [2.24, 2.45) is 0 Å².